The minimum Gasteiger partial charge on any atom is -0.508 e. The third-order valence-corrected chi connectivity index (χ3v) is 3.94. The number of esters is 4. The molecule has 0 aliphatic rings. The van der Waals surface area contributed by atoms with E-state index in [2.05, 4.69) is 0 Å². The summed E-state index contributed by atoms with van der Waals surface area (Å²) in [5, 5.41) is 18.5. The van der Waals surface area contributed by atoms with Crippen LogP contribution in [0, 0.1) is 0 Å². The van der Waals surface area contributed by atoms with Gasteiger partial charge in [-0.1, -0.05) is 12.1 Å². The summed E-state index contributed by atoms with van der Waals surface area (Å²) in [5.41, 5.74) is -0.506. The first-order valence-corrected chi connectivity index (χ1v) is 8.55. The van der Waals surface area contributed by atoms with Crippen molar-refractivity contribution in [2.45, 2.75) is 0 Å². The molecule has 8 heteroatoms. The molecule has 8 nitrogen and oxygen atoms in total. The van der Waals surface area contributed by atoms with Crippen molar-refractivity contribution >= 4 is 23.9 Å². The van der Waals surface area contributed by atoms with Gasteiger partial charge in [0.05, 0.1) is 22.3 Å². The number of carbonyl (C=O) groups excluding carboxylic acids is 4. The monoisotopic (exact) mass is 406 g/mol. The lowest BCUT2D eigenvalue weighted by Gasteiger charge is -2.08. The van der Waals surface area contributed by atoms with Gasteiger partial charge in [0.1, 0.15) is 11.5 Å². The fourth-order valence-electron chi connectivity index (χ4n) is 2.43. The zero-order valence-electron chi connectivity index (χ0n) is 15.3. The molecule has 0 unspecified atom stereocenters. The third-order valence-electron chi connectivity index (χ3n) is 3.94. The summed E-state index contributed by atoms with van der Waals surface area (Å²) in [4.78, 5) is 49.0. The number of benzene rings is 3. The van der Waals surface area contributed by atoms with Gasteiger partial charge in [-0.15, -0.1) is 0 Å². The normalized spacial score (nSPS) is 10.1. The first kappa shape index (κ1) is 20.3. The second kappa shape index (κ2) is 8.70. The third kappa shape index (κ3) is 4.68. The fraction of sp³-hybridized carbons (Fsp3) is 0. The van der Waals surface area contributed by atoms with Crippen LogP contribution in [0.5, 0.6) is 11.5 Å². The lowest BCUT2D eigenvalue weighted by Crippen LogP contribution is -2.19. The molecule has 3 aromatic rings. The van der Waals surface area contributed by atoms with E-state index in [1.807, 2.05) is 0 Å². The highest BCUT2D eigenvalue weighted by molar-refractivity contribution is 6.10. The molecular formula is C22H14O8. The minimum absolute atomic E-state index is 0.0173. The highest BCUT2D eigenvalue weighted by Crippen LogP contribution is 2.16. The fourth-order valence-corrected chi connectivity index (χ4v) is 2.43. The SMILES string of the molecule is O=C(OC(=O)c1ccccc1C(=O)OC(=O)c1ccc(O)cc1)c1ccc(O)cc1. The maximum atomic E-state index is 12.4. The molecule has 0 fully saturated rings. The Morgan fingerprint density at radius 1 is 0.500 bits per heavy atom. The highest BCUT2D eigenvalue weighted by Gasteiger charge is 2.24. The predicted octanol–water partition coefficient (Wildman–Crippen LogP) is 3.09. The van der Waals surface area contributed by atoms with E-state index in [-0.39, 0.29) is 33.8 Å². The van der Waals surface area contributed by atoms with Crippen LogP contribution in [0.25, 0.3) is 0 Å². The van der Waals surface area contributed by atoms with Crippen molar-refractivity contribution in [3.8, 4) is 11.5 Å². The van der Waals surface area contributed by atoms with Crippen LogP contribution < -0.4 is 0 Å². The van der Waals surface area contributed by atoms with E-state index in [1.165, 1.54) is 72.8 Å². The Labute approximate surface area is 169 Å². The van der Waals surface area contributed by atoms with E-state index in [4.69, 9.17) is 9.47 Å². The quantitative estimate of drug-likeness (QED) is 0.500. The molecule has 30 heavy (non-hydrogen) atoms. The lowest BCUT2D eigenvalue weighted by atomic mass is 10.1. The van der Waals surface area contributed by atoms with Gasteiger partial charge in [-0.3, -0.25) is 0 Å². The average molecular weight is 406 g/mol. The van der Waals surface area contributed by atoms with Gasteiger partial charge in [0.2, 0.25) is 0 Å². The predicted molar refractivity (Wildman–Crippen MR) is 102 cm³/mol. The Morgan fingerprint density at radius 2 is 0.833 bits per heavy atom. The van der Waals surface area contributed by atoms with Gasteiger partial charge in [-0.05, 0) is 60.7 Å². The summed E-state index contributed by atoms with van der Waals surface area (Å²) in [6.07, 6.45) is 0. The van der Waals surface area contributed by atoms with Crippen LogP contribution in [0.2, 0.25) is 0 Å². The lowest BCUT2D eigenvalue weighted by molar-refractivity contribution is 0.0356. The highest BCUT2D eigenvalue weighted by atomic mass is 16.6. The molecule has 3 aromatic carbocycles. The molecule has 0 aliphatic carbocycles. The molecule has 0 saturated heterocycles. The summed E-state index contributed by atoms with van der Waals surface area (Å²) in [6, 6.07) is 15.4. The van der Waals surface area contributed by atoms with Gasteiger partial charge < -0.3 is 19.7 Å². The minimum atomic E-state index is -1.11. The Morgan fingerprint density at radius 3 is 1.17 bits per heavy atom. The molecule has 0 heterocycles. The van der Waals surface area contributed by atoms with Gasteiger partial charge in [-0.25, -0.2) is 19.2 Å². The van der Waals surface area contributed by atoms with E-state index in [0.717, 1.165) is 0 Å². The van der Waals surface area contributed by atoms with Crippen molar-refractivity contribution in [1.29, 1.82) is 0 Å². The molecule has 0 saturated carbocycles. The van der Waals surface area contributed by atoms with Crippen molar-refractivity contribution in [2.75, 3.05) is 0 Å². The van der Waals surface area contributed by atoms with Crippen molar-refractivity contribution in [3.05, 3.63) is 95.1 Å². The van der Waals surface area contributed by atoms with Gasteiger partial charge in [0.25, 0.3) is 0 Å². The summed E-state index contributed by atoms with van der Waals surface area (Å²) >= 11 is 0. The molecule has 0 radical (unpaired) electrons. The largest absolute Gasteiger partial charge is 0.508 e. The number of rotatable bonds is 4. The van der Waals surface area contributed by atoms with Gasteiger partial charge in [0, 0.05) is 0 Å². The first-order valence-electron chi connectivity index (χ1n) is 8.55. The number of hydrogen-bond acceptors (Lipinski definition) is 8. The maximum absolute atomic E-state index is 12.4. The molecule has 0 bridgehead atoms. The van der Waals surface area contributed by atoms with Crippen LogP contribution in [0.3, 0.4) is 0 Å². The maximum Gasteiger partial charge on any atom is 0.346 e. The molecule has 2 N–H and O–H groups in total. The summed E-state index contributed by atoms with van der Waals surface area (Å²) in [6.45, 7) is 0. The molecule has 150 valence electrons. The molecule has 0 atom stereocenters. The number of phenolic OH excluding ortho intramolecular Hbond substituents is 2. The Hall–Kier alpha value is -4.46. The van der Waals surface area contributed by atoms with Crippen LogP contribution in [0.15, 0.2) is 72.8 Å². The number of aromatic hydroxyl groups is 2. The van der Waals surface area contributed by atoms with Gasteiger partial charge >= 0.3 is 23.9 Å². The topological polar surface area (TPSA) is 127 Å². The molecule has 3 rings (SSSR count). The molecule has 0 aliphatic heterocycles. The number of ether oxygens (including phenoxy) is 2. The van der Waals surface area contributed by atoms with Crippen molar-refractivity contribution < 1.29 is 38.9 Å². The van der Waals surface area contributed by atoms with E-state index >= 15 is 0 Å². The van der Waals surface area contributed by atoms with E-state index in [0.29, 0.717) is 0 Å². The summed E-state index contributed by atoms with van der Waals surface area (Å²) in [7, 11) is 0. The Bertz CT molecular complexity index is 1020. The Kier molecular flexibility index (Phi) is 5.88. The molecule has 0 aromatic heterocycles. The molecule has 0 amide bonds. The number of carbonyl (C=O) groups is 4. The van der Waals surface area contributed by atoms with Crippen LogP contribution in [-0.4, -0.2) is 34.1 Å². The van der Waals surface area contributed by atoms with E-state index < -0.39 is 23.9 Å². The zero-order chi connectivity index (χ0) is 21.7. The van der Waals surface area contributed by atoms with Crippen molar-refractivity contribution in [3.63, 3.8) is 0 Å². The molecule has 0 spiro atoms. The smallest absolute Gasteiger partial charge is 0.346 e. The zero-order valence-corrected chi connectivity index (χ0v) is 15.3. The summed E-state index contributed by atoms with van der Waals surface area (Å²) < 4.78 is 9.55. The standard InChI is InChI=1S/C22H14O8/c23-15-9-5-13(6-10-15)19(25)29-21(27)17-3-1-2-4-18(17)22(28)30-20(26)14-7-11-16(24)12-8-14/h1-12,23-24H. The number of hydrogen-bond donors (Lipinski definition) is 2. The second-order valence-corrected chi connectivity index (χ2v) is 5.99. The van der Waals surface area contributed by atoms with Gasteiger partial charge in [-0.2, -0.15) is 0 Å². The van der Waals surface area contributed by atoms with E-state index in [1.54, 1.807) is 0 Å². The van der Waals surface area contributed by atoms with Crippen molar-refractivity contribution in [2.24, 2.45) is 0 Å². The number of phenols is 2. The molecular weight excluding hydrogens is 392 g/mol. The van der Waals surface area contributed by atoms with Crippen molar-refractivity contribution in [1.82, 2.24) is 0 Å². The van der Waals surface area contributed by atoms with Gasteiger partial charge in [0.15, 0.2) is 0 Å². The van der Waals surface area contributed by atoms with E-state index in [9.17, 15) is 29.4 Å². The summed E-state index contributed by atoms with van der Waals surface area (Å²) in [5.74, 6) is -4.32. The average Bonchev–Trinajstić information content (AvgIpc) is 2.74. The van der Waals surface area contributed by atoms with Crippen LogP contribution in [-0.2, 0) is 9.47 Å². The Balaban J connectivity index is 1.75. The van der Waals surface area contributed by atoms with Crippen LogP contribution in [0.1, 0.15) is 41.4 Å². The second-order valence-electron chi connectivity index (χ2n) is 5.99. The first-order chi connectivity index (χ1) is 14.3. The van der Waals surface area contributed by atoms with Crippen LogP contribution in [0.4, 0.5) is 0 Å². The van der Waals surface area contributed by atoms with Crippen LogP contribution >= 0.6 is 0 Å².